The maximum absolute atomic E-state index is 3.37. The first-order chi connectivity index (χ1) is 8.09. The maximum atomic E-state index is 3.37. The van der Waals surface area contributed by atoms with E-state index in [2.05, 4.69) is 42.8 Å². The van der Waals surface area contributed by atoms with Gasteiger partial charge in [-0.25, -0.2) is 0 Å². The Morgan fingerprint density at radius 3 is 1.76 bits per heavy atom. The first-order valence-electron chi connectivity index (χ1n) is 7.28. The number of piperazine rings is 1. The Bertz CT molecular complexity index is 220. The molecule has 0 spiro atoms. The topological polar surface area (TPSA) is 18.5 Å². The summed E-state index contributed by atoms with van der Waals surface area (Å²) in [6.07, 6.45) is 0. The minimum Gasteiger partial charge on any atom is -0.314 e. The summed E-state index contributed by atoms with van der Waals surface area (Å²) in [5.41, 5.74) is 0. The molecule has 2 heterocycles. The summed E-state index contributed by atoms with van der Waals surface area (Å²) in [7, 11) is 0. The van der Waals surface area contributed by atoms with Crippen LogP contribution in [0, 0.1) is 11.8 Å². The van der Waals surface area contributed by atoms with Gasteiger partial charge < -0.3 is 5.32 Å². The van der Waals surface area contributed by atoms with Gasteiger partial charge in [0.05, 0.1) is 0 Å². The molecular weight excluding hydrogens is 210 g/mol. The summed E-state index contributed by atoms with van der Waals surface area (Å²) in [4.78, 5) is 5.39. The lowest BCUT2D eigenvalue weighted by molar-refractivity contribution is 0.0256. The summed E-state index contributed by atoms with van der Waals surface area (Å²) in [5.74, 6) is 1.54. The molecule has 2 saturated heterocycles. The molecule has 0 aromatic rings. The highest BCUT2D eigenvalue weighted by Crippen LogP contribution is 2.21. The molecule has 100 valence electrons. The maximum Gasteiger partial charge on any atom is 0.0346 e. The van der Waals surface area contributed by atoms with Crippen molar-refractivity contribution in [1.29, 1.82) is 0 Å². The van der Waals surface area contributed by atoms with Gasteiger partial charge in [-0.1, -0.05) is 27.7 Å². The number of nitrogens with one attached hydrogen (secondary N) is 1. The average molecular weight is 239 g/mol. The predicted molar refractivity (Wildman–Crippen MR) is 73.3 cm³/mol. The Hall–Kier alpha value is -0.120. The van der Waals surface area contributed by atoms with Crippen molar-refractivity contribution in [2.24, 2.45) is 11.8 Å². The van der Waals surface area contributed by atoms with Crippen molar-refractivity contribution in [3.63, 3.8) is 0 Å². The van der Waals surface area contributed by atoms with E-state index in [9.17, 15) is 0 Å². The molecule has 17 heavy (non-hydrogen) atoms. The molecule has 2 aliphatic rings. The lowest BCUT2D eigenvalue weighted by Gasteiger charge is -2.47. The van der Waals surface area contributed by atoms with Gasteiger partial charge in [-0.15, -0.1) is 0 Å². The molecular formula is C14H29N3. The summed E-state index contributed by atoms with van der Waals surface area (Å²) in [5, 5.41) is 3.37. The lowest BCUT2D eigenvalue weighted by Crippen LogP contribution is -2.63. The second-order valence-corrected chi connectivity index (χ2v) is 6.36. The van der Waals surface area contributed by atoms with Gasteiger partial charge in [-0.05, 0) is 11.8 Å². The van der Waals surface area contributed by atoms with Crippen LogP contribution in [0.2, 0.25) is 0 Å². The molecule has 0 bridgehead atoms. The van der Waals surface area contributed by atoms with Crippen LogP contribution >= 0.6 is 0 Å². The minimum absolute atomic E-state index is 0.761. The van der Waals surface area contributed by atoms with Gasteiger partial charge in [0, 0.05) is 51.4 Å². The van der Waals surface area contributed by atoms with Crippen LogP contribution in [-0.2, 0) is 0 Å². The third-order valence-corrected chi connectivity index (χ3v) is 4.41. The Morgan fingerprint density at radius 2 is 1.41 bits per heavy atom. The quantitative estimate of drug-likeness (QED) is 0.797. The van der Waals surface area contributed by atoms with Gasteiger partial charge >= 0.3 is 0 Å². The molecule has 2 aliphatic heterocycles. The van der Waals surface area contributed by atoms with E-state index in [0.29, 0.717) is 0 Å². The van der Waals surface area contributed by atoms with E-state index in [-0.39, 0.29) is 0 Å². The molecule has 2 rings (SSSR count). The van der Waals surface area contributed by atoms with Crippen LogP contribution in [0.1, 0.15) is 27.7 Å². The highest BCUT2D eigenvalue weighted by atomic mass is 15.3. The van der Waals surface area contributed by atoms with Crippen LogP contribution in [0.25, 0.3) is 0 Å². The second-order valence-electron chi connectivity index (χ2n) is 6.36. The van der Waals surface area contributed by atoms with E-state index in [1.807, 2.05) is 0 Å². The molecule has 3 nitrogen and oxygen atoms in total. The van der Waals surface area contributed by atoms with Crippen LogP contribution in [0.5, 0.6) is 0 Å². The third kappa shape index (κ3) is 3.01. The lowest BCUT2D eigenvalue weighted by atomic mass is 9.91. The molecule has 0 atom stereocenters. The van der Waals surface area contributed by atoms with Crippen LogP contribution in [0.3, 0.4) is 0 Å². The zero-order chi connectivity index (χ0) is 12.4. The first-order valence-corrected chi connectivity index (χ1v) is 7.28. The van der Waals surface area contributed by atoms with Crippen molar-refractivity contribution >= 4 is 0 Å². The monoisotopic (exact) mass is 239 g/mol. The van der Waals surface area contributed by atoms with E-state index < -0.39 is 0 Å². The van der Waals surface area contributed by atoms with Gasteiger partial charge in [0.15, 0.2) is 0 Å². The minimum atomic E-state index is 0.761. The van der Waals surface area contributed by atoms with E-state index >= 15 is 0 Å². The molecule has 0 aromatic heterocycles. The van der Waals surface area contributed by atoms with Crippen molar-refractivity contribution in [2.45, 2.75) is 39.8 Å². The standard InChI is InChI=1S/C14H29N3/c1-11(2)14(12(3)4)17-7-5-16(6-8-17)13-9-15-10-13/h11-15H,5-10H2,1-4H3. The molecule has 0 amide bonds. The Labute approximate surface area is 107 Å². The fourth-order valence-corrected chi connectivity index (χ4v) is 3.55. The van der Waals surface area contributed by atoms with Crippen molar-refractivity contribution in [3.8, 4) is 0 Å². The summed E-state index contributed by atoms with van der Waals surface area (Å²) in [6, 6.07) is 1.59. The van der Waals surface area contributed by atoms with Crippen molar-refractivity contribution in [2.75, 3.05) is 39.3 Å². The molecule has 0 unspecified atom stereocenters. The van der Waals surface area contributed by atoms with Crippen molar-refractivity contribution in [1.82, 2.24) is 15.1 Å². The van der Waals surface area contributed by atoms with Crippen molar-refractivity contribution < 1.29 is 0 Å². The average Bonchev–Trinajstić information content (AvgIpc) is 2.17. The van der Waals surface area contributed by atoms with Gasteiger partial charge in [-0.2, -0.15) is 0 Å². The van der Waals surface area contributed by atoms with E-state index in [1.165, 1.54) is 39.3 Å². The zero-order valence-corrected chi connectivity index (χ0v) is 11.9. The number of hydrogen-bond donors (Lipinski definition) is 1. The number of rotatable bonds is 4. The fourth-order valence-electron chi connectivity index (χ4n) is 3.55. The van der Waals surface area contributed by atoms with Crippen LogP contribution < -0.4 is 5.32 Å². The van der Waals surface area contributed by atoms with E-state index in [1.54, 1.807) is 0 Å². The highest BCUT2D eigenvalue weighted by Gasteiger charge is 2.31. The SMILES string of the molecule is CC(C)C(C(C)C)N1CCN(C2CNC2)CC1. The Morgan fingerprint density at radius 1 is 0.882 bits per heavy atom. The fraction of sp³-hybridized carbons (Fsp3) is 1.00. The second kappa shape index (κ2) is 5.68. The van der Waals surface area contributed by atoms with Crippen LogP contribution in [0.4, 0.5) is 0 Å². The summed E-state index contributed by atoms with van der Waals surface area (Å²) >= 11 is 0. The Kier molecular flexibility index (Phi) is 4.45. The molecule has 2 fully saturated rings. The summed E-state index contributed by atoms with van der Waals surface area (Å²) < 4.78 is 0. The molecule has 1 N–H and O–H groups in total. The third-order valence-electron chi connectivity index (χ3n) is 4.41. The predicted octanol–water partition coefficient (Wildman–Crippen LogP) is 1.26. The van der Waals surface area contributed by atoms with Crippen molar-refractivity contribution in [3.05, 3.63) is 0 Å². The van der Waals surface area contributed by atoms with Gasteiger partial charge in [0.2, 0.25) is 0 Å². The van der Waals surface area contributed by atoms with Crippen LogP contribution in [0.15, 0.2) is 0 Å². The largest absolute Gasteiger partial charge is 0.314 e. The van der Waals surface area contributed by atoms with E-state index in [0.717, 1.165) is 23.9 Å². The number of hydrogen-bond acceptors (Lipinski definition) is 3. The molecule has 3 heteroatoms. The normalized spacial score (nSPS) is 24.9. The van der Waals surface area contributed by atoms with Crippen LogP contribution in [-0.4, -0.2) is 61.2 Å². The van der Waals surface area contributed by atoms with Gasteiger partial charge in [0.1, 0.15) is 0 Å². The van der Waals surface area contributed by atoms with E-state index in [4.69, 9.17) is 0 Å². The smallest absolute Gasteiger partial charge is 0.0346 e. The zero-order valence-electron chi connectivity index (χ0n) is 11.9. The van der Waals surface area contributed by atoms with Gasteiger partial charge in [0.25, 0.3) is 0 Å². The molecule has 0 radical (unpaired) electrons. The molecule has 0 aliphatic carbocycles. The van der Waals surface area contributed by atoms with Gasteiger partial charge in [-0.3, -0.25) is 9.80 Å². The first kappa shape index (κ1) is 13.3. The highest BCUT2D eigenvalue weighted by molar-refractivity contribution is 4.89. The Balaban J connectivity index is 1.84. The molecule has 0 saturated carbocycles. The summed E-state index contributed by atoms with van der Waals surface area (Å²) in [6.45, 7) is 16.9. The molecule has 0 aromatic carbocycles. The number of nitrogens with zero attached hydrogens (tertiary/aromatic N) is 2.